The Hall–Kier alpha value is -2.89. The molecule has 6 nitrogen and oxygen atoms in total. The Bertz CT molecular complexity index is 1020. The number of hydrogen-bond acceptors (Lipinski definition) is 6. The van der Waals surface area contributed by atoms with Crippen LogP contribution in [-0.4, -0.2) is 37.2 Å². The fraction of sp³-hybridized carbons (Fsp3) is 0.735. The second kappa shape index (κ2) is 43.8. The van der Waals surface area contributed by atoms with Crippen LogP contribution in [0.15, 0.2) is 60.8 Å². The normalized spacial score (nSPS) is 12.6. The second-order valence-electron chi connectivity index (χ2n) is 14.9. The van der Waals surface area contributed by atoms with E-state index >= 15 is 0 Å². The summed E-state index contributed by atoms with van der Waals surface area (Å²) in [6.45, 7) is 6.43. The lowest BCUT2D eigenvalue weighted by molar-refractivity contribution is -0.167. The summed E-state index contributed by atoms with van der Waals surface area (Å²) in [5.74, 6) is -0.927. The molecule has 0 saturated carbocycles. The van der Waals surface area contributed by atoms with E-state index in [9.17, 15) is 14.4 Å². The Balaban J connectivity index is 4.38. The first-order valence-corrected chi connectivity index (χ1v) is 22.8. The molecule has 0 aromatic rings. The minimum absolute atomic E-state index is 0.0852. The molecule has 0 aliphatic rings. The number of rotatable bonds is 40. The Morgan fingerprint density at radius 1 is 0.382 bits per heavy atom. The van der Waals surface area contributed by atoms with Crippen molar-refractivity contribution in [1.82, 2.24) is 0 Å². The van der Waals surface area contributed by atoms with Crippen molar-refractivity contribution in [2.75, 3.05) is 13.2 Å². The summed E-state index contributed by atoms with van der Waals surface area (Å²) in [6.07, 6.45) is 52.0. The fourth-order valence-electron chi connectivity index (χ4n) is 6.07. The Morgan fingerprint density at radius 2 is 0.709 bits per heavy atom. The quantitative estimate of drug-likeness (QED) is 0.0267. The van der Waals surface area contributed by atoms with Crippen molar-refractivity contribution < 1.29 is 28.6 Å². The van der Waals surface area contributed by atoms with Crippen LogP contribution in [0.3, 0.4) is 0 Å². The van der Waals surface area contributed by atoms with E-state index in [0.717, 1.165) is 109 Å². The van der Waals surface area contributed by atoms with E-state index < -0.39 is 6.10 Å². The van der Waals surface area contributed by atoms with E-state index in [-0.39, 0.29) is 31.1 Å². The summed E-state index contributed by atoms with van der Waals surface area (Å²) in [7, 11) is 0. The SMILES string of the molecule is CC/C=C\C/C=C\C/C=C\C/C=C\CCCCCCC(=O)OCC(COC(=O)CCCCCCCCCC)OC(=O)CCCCCCC/C=C\CCCCC. The molecule has 0 aromatic heterocycles. The van der Waals surface area contributed by atoms with E-state index in [0.29, 0.717) is 19.3 Å². The van der Waals surface area contributed by atoms with Gasteiger partial charge in [-0.3, -0.25) is 14.4 Å². The van der Waals surface area contributed by atoms with Gasteiger partial charge in [0.15, 0.2) is 6.10 Å². The molecule has 0 aliphatic carbocycles. The van der Waals surface area contributed by atoms with Crippen LogP contribution in [0.4, 0.5) is 0 Å². The second-order valence-corrected chi connectivity index (χ2v) is 14.9. The molecule has 0 rings (SSSR count). The third kappa shape index (κ3) is 42.1. The van der Waals surface area contributed by atoms with Gasteiger partial charge in [0.1, 0.15) is 13.2 Å². The average molecular weight is 769 g/mol. The molecule has 0 N–H and O–H groups in total. The molecule has 0 fully saturated rings. The van der Waals surface area contributed by atoms with Gasteiger partial charge in [0.05, 0.1) is 0 Å². The number of allylic oxidation sites excluding steroid dienone is 10. The minimum Gasteiger partial charge on any atom is -0.462 e. The first-order valence-electron chi connectivity index (χ1n) is 22.8. The van der Waals surface area contributed by atoms with Gasteiger partial charge in [0, 0.05) is 19.3 Å². The molecule has 1 unspecified atom stereocenters. The van der Waals surface area contributed by atoms with Crippen molar-refractivity contribution in [1.29, 1.82) is 0 Å². The molecule has 0 saturated heterocycles. The zero-order valence-corrected chi connectivity index (χ0v) is 35.9. The van der Waals surface area contributed by atoms with Crippen molar-refractivity contribution in [3.63, 3.8) is 0 Å². The van der Waals surface area contributed by atoms with Crippen molar-refractivity contribution >= 4 is 17.9 Å². The van der Waals surface area contributed by atoms with Crippen LogP contribution < -0.4 is 0 Å². The highest BCUT2D eigenvalue weighted by atomic mass is 16.6. The standard InChI is InChI=1S/C49H84O6/c1-4-7-10-13-16-19-21-23-24-25-26-27-29-30-33-36-39-42-48(51)54-45-46(44-53-47(50)41-38-35-32-18-15-12-9-6-3)55-49(52)43-40-37-34-31-28-22-20-17-14-11-8-5-2/h7,10,16-17,19-20,23-24,26-27,46H,4-6,8-9,11-15,18,21-22,25,28-45H2,1-3H3/b10-7-,19-16-,20-17-,24-23-,27-26-. The molecule has 6 heteroatoms. The molecular formula is C49H84O6. The molecule has 1 atom stereocenters. The Kier molecular flexibility index (Phi) is 41.5. The van der Waals surface area contributed by atoms with Crippen LogP contribution in [-0.2, 0) is 28.6 Å². The molecule has 0 amide bonds. The van der Waals surface area contributed by atoms with Crippen LogP contribution in [0, 0.1) is 0 Å². The molecule has 316 valence electrons. The molecular weight excluding hydrogens is 685 g/mol. The summed E-state index contributed by atoms with van der Waals surface area (Å²) in [5.41, 5.74) is 0. The van der Waals surface area contributed by atoms with Gasteiger partial charge in [-0.2, -0.15) is 0 Å². The summed E-state index contributed by atoms with van der Waals surface area (Å²) in [6, 6.07) is 0. The van der Waals surface area contributed by atoms with E-state index in [1.807, 2.05) is 0 Å². The largest absolute Gasteiger partial charge is 0.462 e. The maximum atomic E-state index is 12.7. The predicted molar refractivity (Wildman–Crippen MR) is 233 cm³/mol. The van der Waals surface area contributed by atoms with E-state index in [1.54, 1.807) is 0 Å². The van der Waals surface area contributed by atoms with Gasteiger partial charge in [0.2, 0.25) is 0 Å². The van der Waals surface area contributed by atoms with Crippen molar-refractivity contribution in [2.24, 2.45) is 0 Å². The number of esters is 3. The number of carbonyl (C=O) groups is 3. The summed E-state index contributed by atoms with van der Waals surface area (Å²) < 4.78 is 16.6. The van der Waals surface area contributed by atoms with Crippen LogP contribution >= 0.6 is 0 Å². The fourth-order valence-corrected chi connectivity index (χ4v) is 6.07. The summed E-state index contributed by atoms with van der Waals surface area (Å²) in [4.78, 5) is 37.6. The van der Waals surface area contributed by atoms with E-state index in [1.165, 1.54) is 64.2 Å². The van der Waals surface area contributed by atoms with E-state index in [2.05, 4.69) is 81.5 Å². The molecule has 0 heterocycles. The third-order valence-electron chi connectivity index (χ3n) is 9.51. The molecule has 55 heavy (non-hydrogen) atoms. The average Bonchev–Trinajstić information content (AvgIpc) is 3.18. The number of hydrogen-bond donors (Lipinski definition) is 0. The van der Waals surface area contributed by atoms with Crippen molar-refractivity contribution in [2.45, 2.75) is 219 Å². The van der Waals surface area contributed by atoms with Gasteiger partial charge in [-0.1, -0.05) is 171 Å². The summed E-state index contributed by atoms with van der Waals surface area (Å²) >= 11 is 0. The first-order chi connectivity index (χ1) is 27.0. The molecule has 0 bridgehead atoms. The molecule has 0 radical (unpaired) electrons. The van der Waals surface area contributed by atoms with Crippen molar-refractivity contribution in [3.8, 4) is 0 Å². The topological polar surface area (TPSA) is 78.9 Å². The number of ether oxygens (including phenoxy) is 3. The zero-order valence-electron chi connectivity index (χ0n) is 35.9. The third-order valence-corrected chi connectivity index (χ3v) is 9.51. The first kappa shape index (κ1) is 52.1. The Morgan fingerprint density at radius 3 is 1.16 bits per heavy atom. The lowest BCUT2D eigenvalue weighted by atomic mass is 10.1. The minimum atomic E-state index is -0.783. The molecule has 0 spiro atoms. The lowest BCUT2D eigenvalue weighted by Gasteiger charge is -2.18. The van der Waals surface area contributed by atoms with Gasteiger partial charge in [-0.05, 0) is 83.5 Å². The maximum absolute atomic E-state index is 12.7. The highest BCUT2D eigenvalue weighted by molar-refractivity contribution is 5.71. The predicted octanol–water partition coefficient (Wildman–Crippen LogP) is 14.5. The van der Waals surface area contributed by atoms with Gasteiger partial charge in [0.25, 0.3) is 0 Å². The highest BCUT2D eigenvalue weighted by Gasteiger charge is 2.19. The monoisotopic (exact) mass is 769 g/mol. The highest BCUT2D eigenvalue weighted by Crippen LogP contribution is 2.13. The van der Waals surface area contributed by atoms with Crippen molar-refractivity contribution in [3.05, 3.63) is 60.8 Å². The van der Waals surface area contributed by atoms with Gasteiger partial charge in [-0.15, -0.1) is 0 Å². The van der Waals surface area contributed by atoms with Gasteiger partial charge >= 0.3 is 17.9 Å². The van der Waals surface area contributed by atoms with E-state index in [4.69, 9.17) is 14.2 Å². The number of carbonyl (C=O) groups excluding carboxylic acids is 3. The van der Waals surface area contributed by atoms with Gasteiger partial charge < -0.3 is 14.2 Å². The van der Waals surface area contributed by atoms with Crippen LogP contribution in [0.5, 0.6) is 0 Å². The maximum Gasteiger partial charge on any atom is 0.306 e. The van der Waals surface area contributed by atoms with Crippen LogP contribution in [0.25, 0.3) is 0 Å². The zero-order chi connectivity index (χ0) is 40.1. The molecule has 0 aromatic carbocycles. The van der Waals surface area contributed by atoms with Crippen LogP contribution in [0.1, 0.15) is 213 Å². The number of unbranched alkanes of at least 4 members (excludes halogenated alkanes) is 19. The molecule has 0 aliphatic heterocycles. The van der Waals surface area contributed by atoms with Crippen LogP contribution in [0.2, 0.25) is 0 Å². The summed E-state index contributed by atoms with van der Waals surface area (Å²) in [5, 5.41) is 0. The lowest BCUT2D eigenvalue weighted by Crippen LogP contribution is -2.30. The van der Waals surface area contributed by atoms with Gasteiger partial charge in [-0.25, -0.2) is 0 Å². The smallest absolute Gasteiger partial charge is 0.306 e. The Labute approximate surface area is 339 Å².